The SMILES string of the molecule is NC(=O)c1n[c]cc2ccc(-c3cc(F)ccc3Cl)cc12. The second-order valence-corrected chi connectivity index (χ2v) is 4.93. The molecule has 1 amide bonds. The third-order valence-corrected chi connectivity index (χ3v) is 3.51. The van der Waals surface area contributed by atoms with E-state index in [0.717, 1.165) is 5.39 Å². The maximum Gasteiger partial charge on any atom is 0.267 e. The summed E-state index contributed by atoms with van der Waals surface area (Å²) in [6.07, 6.45) is 2.63. The van der Waals surface area contributed by atoms with Gasteiger partial charge in [0, 0.05) is 16.0 Å². The number of carbonyl (C=O) groups is 1. The Labute approximate surface area is 125 Å². The molecule has 2 N–H and O–H groups in total. The Hall–Kier alpha value is -2.46. The molecule has 3 nitrogen and oxygen atoms in total. The molecule has 3 rings (SSSR count). The number of fused-ring (bicyclic) bond motifs is 1. The molecule has 2 aromatic carbocycles. The van der Waals surface area contributed by atoms with E-state index >= 15 is 0 Å². The number of benzene rings is 2. The largest absolute Gasteiger partial charge is 0.364 e. The average molecular weight is 300 g/mol. The smallest absolute Gasteiger partial charge is 0.267 e. The van der Waals surface area contributed by atoms with Gasteiger partial charge in [0.1, 0.15) is 11.5 Å². The van der Waals surface area contributed by atoms with Gasteiger partial charge in [-0.1, -0.05) is 23.7 Å². The third-order valence-electron chi connectivity index (χ3n) is 3.18. The quantitative estimate of drug-likeness (QED) is 0.786. The van der Waals surface area contributed by atoms with Crippen molar-refractivity contribution in [1.29, 1.82) is 0 Å². The van der Waals surface area contributed by atoms with E-state index in [1.807, 2.05) is 0 Å². The number of primary amides is 1. The minimum absolute atomic E-state index is 0.127. The summed E-state index contributed by atoms with van der Waals surface area (Å²) in [4.78, 5) is 15.3. The number of halogens is 2. The summed E-state index contributed by atoms with van der Waals surface area (Å²) in [6.45, 7) is 0. The van der Waals surface area contributed by atoms with Crippen LogP contribution in [0.15, 0.2) is 42.5 Å². The van der Waals surface area contributed by atoms with Crippen LogP contribution in [-0.4, -0.2) is 10.9 Å². The van der Waals surface area contributed by atoms with Crippen LogP contribution in [0.4, 0.5) is 4.39 Å². The molecule has 1 aromatic heterocycles. The Morgan fingerprint density at radius 3 is 2.81 bits per heavy atom. The van der Waals surface area contributed by atoms with Crippen LogP contribution >= 0.6 is 11.6 Å². The number of hydrogen-bond acceptors (Lipinski definition) is 2. The van der Waals surface area contributed by atoms with Crippen LogP contribution in [0.1, 0.15) is 10.5 Å². The van der Waals surface area contributed by atoms with E-state index in [2.05, 4.69) is 11.2 Å². The molecule has 21 heavy (non-hydrogen) atoms. The van der Waals surface area contributed by atoms with Crippen LogP contribution in [0, 0.1) is 12.0 Å². The van der Waals surface area contributed by atoms with Crippen molar-refractivity contribution in [3.63, 3.8) is 0 Å². The van der Waals surface area contributed by atoms with Gasteiger partial charge in [0.05, 0.1) is 6.20 Å². The number of rotatable bonds is 2. The first-order valence-electron chi connectivity index (χ1n) is 6.12. The summed E-state index contributed by atoms with van der Waals surface area (Å²) in [5.41, 5.74) is 6.67. The molecule has 3 aromatic rings. The standard InChI is InChI=1S/C16H9ClFN2O/c17-14-4-3-11(18)8-12(14)10-2-1-9-5-6-20-15(16(19)21)13(9)7-10/h1-5,7-8H,(H2,19,21). The van der Waals surface area contributed by atoms with Gasteiger partial charge in [0.2, 0.25) is 0 Å². The highest BCUT2D eigenvalue weighted by Gasteiger charge is 2.11. The zero-order chi connectivity index (χ0) is 15.0. The highest BCUT2D eigenvalue weighted by Crippen LogP contribution is 2.31. The number of carbonyl (C=O) groups excluding carboxylic acids is 1. The van der Waals surface area contributed by atoms with Crippen LogP contribution in [0.2, 0.25) is 5.02 Å². The van der Waals surface area contributed by atoms with Crippen LogP contribution in [0.3, 0.4) is 0 Å². The molecule has 0 aliphatic rings. The Kier molecular flexibility index (Phi) is 3.31. The first-order valence-corrected chi connectivity index (χ1v) is 6.50. The Morgan fingerprint density at radius 1 is 1.24 bits per heavy atom. The van der Waals surface area contributed by atoms with Gasteiger partial charge in [-0.2, -0.15) is 0 Å². The zero-order valence-electron chi connectivity index (χ0n) is 10.7. The molecule has 1 heterocycles. The fourth-order valence-corrected chi connectivity index (χ4v) is 2.41. The molecule has 1 radical (unpaired) electrons. The molecule has 0 saturated heterocycles. The molecule has 0 saturated carbocycles. The number of nitrogens with zero attached hydrogens (tertiary/aromatic N) is 1. The second-order valence-electron chi connectivity index (χ2n) is 4.52. The zero-order valence-corrected chi connectivity index (χ0v) is 11.5. The fourth-order valence-electron chi connectivity index (χ4n) is 2.19. The summed E-state index contributed by atoms with van der Waals surface area (Å²) in [5, 5.41) is 1.78. The molecule has 0 aliphatic carbocycles. The molecule has 0 atom stereocenters. The highest BCUT2D eigenvalue weighted by atomic mass is 35.5. The van der Waals surface area contributed by atoms with Crippen molar-refractivity contribution in [2.45, 2.75) is 0 Å². The summed E-state index contributed by atoms with van der Waals surface area (Å²) in [5.74, 6) is -1.02. The van der Waals surface area contributed by atoms with Crippen LogP contribution in [0.5, 0.6) is 0 Å². The Morgan fingerprint density at radius 2 is 2.05 bits per heavy atom. The Bertz CT molecular complexity index is 864. The molecule has 0 spiro atoms. The maximum atomic E-state index is 13.4. The van der Waals surface area contributed by atoms with Gasteiger partial charge in [0.25, 0.3) is 5.91 Å². The van der Waals surface area contributed by atoms with E-state index in [1.165, 1.54) is 18.2 Å². The third kappa shape index (κ3) is 2.45. The van der Waals surface area contributed by atoms with Crippen molar-refractivity contribution >= 4 is 28.3 Å². The molecule has 5 heteroatoms. The van der Waals surface area contributed by atoms with Gasteiger partial charge in [-0.3, -0.25) is 4.79 Å². The Balaban J connectivity index is 2.28. The van der Waals surface area contributed by atoms with Gasteiger partial charge in [-0.05, 0) is 41.3 Å². The lowest BCUT2D eigenvalue weighted by Crippen LogP contribution is -2.13. The fraction of sp³-hybridized carbons (Fsp3) is 0. The number of nitrogens with two attached hydrogens (primary N) is 1. The van der Waals surface area contributed by atoms with Crippen molar-refractivity contribution < 1.29 is 9.18 Å². The minimum Gasteiger partial charge on any atom is -0.364 e. The van der Waals surface area contributed by atoms with Gasteiger partial charge in [-0.25, -0.2) is 9.37 Å². The molecule has 0 unspecified atom stereocenters. The predicted octanol–water partition coefficient (Wildman–Crippen LogP) is 3.59. The summed E-state index contributed by atoms with van der Waals surface area (Å²) in [6, 6.07) is 11.1. The van der Waals surface area contributed by atoms with Gasteiger partial charge in [0.15, 0.2) is 0 Å². The van der Waals surface area contributed by atoms with E-state index < -0.39 is 5.91 Å². The van der Waals surface area contributed by atoms with E-state index in [9.17, 15) is 9.18 Å². The molecular weight excluding hydrogens is 291 g/mol. The van der Waals surface area contributed by atoms with E-state index in [-0.39, 0.29) is 11.5 Å². The number of hydrogen-bond donors (Lipinski definition) is 1. The van der Waals surface area contributed by atoms with E-state index in [1.54, 1.807) is 24.3 Å². The molecule has 0 aliphatic heterocycles. The first kappa shape index (κ1) is 13.5. The highest BCUT2D eigenvalue weighted by molar-refractivity contribution is 6.33. The lowest BCUT2D eigenvalue weighted by molar-refractivity contribution is 0.0997. The molecule has 0 bridgehead atoms. The first-order chi connectivity index (χ1) is 10.1. The summed E-state index contributed by atoms with van der Waals surface area (Å²) in [7, 11) is 0. The van der Waals surface area contributed by atoms with Crippen molar-refractivity contribution in [3.8, 4) is 11.1 Å². The number of aromatic nitrogens is 1. The van der Waals surface area contributed by atoms with Crippen LogP contribution in [-0.2, 0) is 0 Å². The monoisotopic (exact) mass is 299 g/mol. The van der Waals surface area contributed by atoms with Crippen LogP contribution < -0.4 is 5.73 Å². The summed E-state index contributed by atoms with van der Waals surface area (Å²) >= 11 is 6.10. The van der Waals surface area contributed by atoms with Crippen molar-refractivity contribution in [2.75, 3.05) is 0 Å². The minimum atomic E-state index is -0.640. The molecule has 103 valence electrons. The van der Waals surface area contributed by atoms with Crippen molar-refractivity contribution in [2.24, 2.45) is 5.73 Å². The van der Waals surface area contributed by atoms with E-state index in [4.69, 9.17) is 17.3 Å². The normalized spacial score (nSPS) is 10.8. The van der Waals surface area contributed by atoms with E-state index in [0.29, 0.717) is 21.5 Å². The topological polar surface area (TPSA) is 56.0 Å². The molecular formula is C16H9ClFN2O. The number of amides is 1. The van der Waals surface area contributed by atoms with Gasteiger partial charge >= 0.3 is 0 Å². The lowest BCUT2D eigenvalue weighted by atomic mass is 10.0. The second kappa shape index (κ2) is 5.14. The van der Waals surface area contributed by atoms with Crippen LogP contribution in [0.25, 0.3) is 21.9 Å². The molecule has 0 fully saturated rings. The van der Waals surface area contributed by atoms with Gasteiger partial charge < -0.3 is 5.73 Å². The average Bonchev–Trinajstić information content (AvgIpc) is 2.48. The van der Waals surface area contributed by atoms with Gasteiger partial charge in [-0.15, -0.1) is 0 Å². The van der Waals surface area contributed by atoms with Crippen molar-refractivity contribution in [3.05, 3.63) is 65.2 Å². The van der Waals surface area contributed by atoms with Crippen molar-refractivity contribution in [1.82, 2.24) is 4.98 Å². The lowest BCUT2D eigenvalue weighted by Gasteiger charge is -2.08. The maximum absolute atomic E-state index is 13.4. The number of pyridine rings is 1. The predicted molar refractivity (Wildman–Crippen MR) is 79.5 cm³/mol. The summed E-state index contributed by atoms with van der Waals surface area (Å²) < 4.78 is 13.4.